The van der Waals surface area contributed by atoms with Crippen LogP contribution in [-0.4, -0.2) is 34.9 Å². The molecule has 0 atom stereocenters. The number of halogens is 3. The van der Waals surface area contributed by atoms with Crippen LogP contribution in [0.1, 0.15) is 22.6 Å². The molecule has 0 aliphatic carbocycles. The number of hydrogen-bond donors (Lipinski definition) is 0. The van der Waals surface area contributed by atoms with E-state index in [0.29, 0.717) is 41.8 Å². The molecule has 2 aromatic heterocycles. The Morgan fingerprint density at radius 2 is 1.82 bits per heavy atom. The predicted molar refractivity (Wildman–Crippen MR) is 94.6 cm³/mol. The second-order valence-electron chi connectivity index (χ2n) is 6.61. The van der Waals surface area contributed by atoms with Gasteiger partial charge in [0.25, 0.3) is 5.89 Å². The number of rotatable bonds is 7. The van der Waals surface area contributed by atoms with E-state index in [-0.39, 0.29) is 5.75 Å². The van der Waals surface area contributed by atoms with Crippen molar-refractivity contribution < 1.29 is 26.7 Å². The Morgan fingerprint density at radius 3 is 2.43 bits per heavy atom. The third-order valence-electron chi connectivity index (χ3n) is 3.96. The summed E-state index contributed by atoms with van der Waals surface area (Å²) >= 11 is 0. The molecular formula is C19H20F3N3O3. The summed E-state index contributed by atoms with van der Waals surface area (Å²) in [4.78, 5) is 1.96. The summed E-state index contributed by atoms with van der Waals surface area (Å²) in [5, 5.41) is 7.96. The molecule has 28 heavy (non-hydrogen) atoms. The van der Waals surface area contributed by atoms with Crippen molar-refractivity contribution >= 4 is 0 Å². The van der Waals surface area contributed by atoms with Crippen molar-refractivity contribution in [3.63, 3.8) is 0 Å². The molecular weight excluding hydrogens is 375 g/mol. The highest BCUT2D eigenvalue weighted by atomic mass is 19.4. The average Bonchev–Trinajstić information content (AvgIpc) is 3.23. The van der Waals surface area contributed by atoms with Gasteiger partial charge in [-0.25, -0.2) is 0 Å². The van der Waals surface area contributed by atoms with Crippen LogP contribution in [0.3, 0.4) is 0 Å². The second kappa shape index (κ2) is 8.05. The van der Waals surface area contributed by atoms with Crippen LogP contribution in [0.15, 0.2) is 39.4 Å². The molecule has 6 nitrogen and oxygen atoms in total. The first kappa shape index (κ1) is 19.9. The topological polar surface area (TPSA) is 64.5 Å². The molecule has 0 aliphatic heterocycles. The van der Waals surface area contributed by atoms with Crippen LogP contribution >= 0.6 is 0 Å². The number of furan rings is 1. The zero-order chi connectivity index (χ0) is 20.3. The highest BCUT2D eigenvalue weighted by molar-refractivity contribution is 5.43. The minimum atomic E-state index is -4.36. The summed E-state index contributed by atoms with van der Waals surface area (Å²) in [7, 11) is 1.88. The maximum absolute atomic E-state index is 12.4. The minimum Gasteiger partial charge on any atom is -0.484 e. The highest BCUT2D eigenvalue weighted by Gasteiger charge is 2.29. The first-order chi connectivity index (χ1) is 13.2. The van der Waals surface area contributed by atoms with Gasteiger partial charge < -0.3 is 13.6 Å². The van der Waals surface area contributed by atoms with Crippen molar-refractivity contribution in [1.82, 2.24) is 15.1 Å². The van der Waals surface area contributed by atoms with Crippen LogP contribution in [0.4, 0.5) is 13.2 Å². The lowest BCUT2D eigenvalue weighted by Crippen LogP contribution is -2.20. The van der Waals surface area contributed by atoms with Crippen molar-refractivity contribution in [2.45, 2.75) is 33.1 Å². The lowest BCUT2D eigenvalue weighted by molar-refractivity contribution is -0.153. The quantitative estimate of drug-likeness (QED) is 0.586. The van der Waals surface area contributed by atoms with E-state index in [1.165, 1.54) is 6.26 Å². The molecule has 0 fully saturated rings. The lowest BCUT2D eigenvalue weighted by atomic mass is 10.1. The fourth-order valence-electron chi connectivity index (χ4n) is 2.93. The zero-order valence-electron chi connectivity index (χ0n) is 15.7. The SMILES string of the molecule is Cc1cc(CN(C)Cc2nnc(-c3ccco3)o2)cc(C)c1OCC(F)(F)F. The van der Waals surface area contributed by atoms with Crippen LogP contribution < -0.4 is 4.74 Å². The van der Waals surface area contributed by atoms with Crippen molar-refractivity contribution in [3.05, 3.63) is 53.1 Å². The molecule has 0 saturated carbocycles. The normalized spacial score (nSPS) is 12.0. The molecule has 0 N–H and O–H groups in total. The lowest BCUT2D eigenvalue weighted by Gasteiger charge is -2.18. The van der Waals surface area contributed by atoms with E-state index in [1.807, 2.05) is 24.1 Å². The Balaban J connectivity index is 1.63. The summed E-state index contributed by atoms with van der Waals surface area (Å²) in [5.41, 5.74) is 2.26. The highest BCUT2D eigenvalue weighted by Crippen LogP contribution is 2.28. The molecule has 150 valence electrons. The number of nitrogens with zero attached hydrogens (tertiary/aromatic N) is 3. The minimum absolute atomic E-state index is 0.267. The number of benzene rings is 1. The van der Waals surface area contributed by atoms with E-state index < -0.39 is 12.8 Å². The van der Waals surface area contributed by atoms with Crippen LogP contribution in [-0.2, 0) is 13.1 Å². The van der Waals surface area contributed by atoms with Gasteiger partial charge in [0.1, 0.15) is 5.75 Å². The van der Waals surface area contributed by atoms with Gasteiger partial charge in [0.2, 0.25) is 5.89 Å². The van der Waals surface area contributed by atoms with Crippen LogP contribution in [0, 0.1) is 13.8 Å². The molecule has 0 bridgehead atoms. The van der Waals surface area contributed by atoms with E-state index in [1.54, 1.807) is 26.0 Å². The van der Waals surface area contributed by atoms with Gasteiger partial charge in [-0.3, -0.25) is 4.90 Å². The molecule has 0 saturated heterocycles. The van der Waals surface area contributed by atoms with E-state index in [9.17, 15) is 13.2 Å². The van der Waals surface area contributed by atoms with Gasteiger partial charge in [-0.05, 0) is 49.7 Å². The number of aryl methyl sites for hydroxylation is 2. The van der Waals surface area contributed by atoms with E-state index in [2.05, 4.69) is 10.2 Å². The van der Waals surface area contributed by atoms with Gasteiger partial charge in [0, 0.05) is 6.54 Å². The molecule has 0 radical (unpaired) electrons. The Labute approximate surface area is 159 Å². The molecule has 0 unspecified atom stereocenters. The Kier molecular flexibility index (Phi) is 5.73. The monoisotopic (exact) mass is 395 g/mol. The van der Waals surface area contributed by atoms with E-state index in [0.717, 1.165) is 5.56 Å². The number of aromatic nitrogens is 2. The zero-order valence-corrected chi connectivity index (χ0v) is 15.7. The Morgan fingerprint density at radius 1 is 1.11 bits per heavy atom. The van der Waals surface area contributed by atoms with Crippen molar-refractivity contribution in [2.24, 2.45) is 0 Å². The number of alkyl halides is 3. The molecule has 2 heterocycles. The molecule has 1 aromatic carbocycles. The van der Waals surface area contributed by atoms with Crippen LogP contribution in [0.25, 0.3) is 11.7 Å². The first-order valence-electron chi connectivity index (χ1n) is 8.56. The summed E-state index contributed by atoms with van der Waals surface area (Å²) in [6.07, 6.45) is -2.84. The maximum Gasteiger partial charge on any atom is 0.422 e. The van der Waals surface area contributed by atoms with Crippen molar-refractivity contribution in [1.29, 1.82) is 0 Å². The molecule has 0 aliphatic rings. The summed E-state index contributed by atoms with van der Waals surface area (Å²) in [6.45, 7) is 3.13. The van der Waals surface area contributed by atoms with Gasteiger partial charge >= 0.3 is 6.18 Å². The fraction of sp³-hybridized carbons (Fsp3) is 0.368. The number of hydrogen-bond acceptors (Lipinski definition) is 6. The average molecular weight is 395 g/mol. The molecule has 3 rings (SSSR count). The molecule has 3 aromatic rings. The largest absolute Gasteiger partial charge is 0.484 e. The second-order valence-corrected chi connectivity index (χ2v) is 6.61. The molecule has 0 spiro atoms. The van der Waals surface area contributed by atoms with Crippen molar-refractivity contribution in [3.8, 4) is 17.4 Å². The van der Waals surface area contributed by atoms with Gasteiger partial charge in [-0.2, -0.15) is 13.2 Å². The van der Waals surface area contributed by atoms with Crippen molar-refractivity contribution in [2.75, 3.05) is 13.7 Å². The predicted octanol–water partition coefficient (Wildman–Crippen LogP) is 4.52. The fourth-order valence-corrected chi connectivity index (χ4v) is 2.93. The summed E-state index contributed by atoms with van der Waals surface area (Å²) < 4.78 is 52.9. The summed E-state index contributed by atoms with van der Waals surface area (Å²) in [5.74, 6) is 1.52. The standard InChI is InChI=1S/C19H20F3N3O3/c1-12-7-14(8-13(2)17(12)27-11-19(20,21)22)9-25(3)10-16-23-24-18(28-16)15-5-4-6-26-15/h4-8H,9-11H2,1-3H3. The molecule has 0 amide bonds. The van der Waals surface area contributed by atoms with Gasteiger partial charge in [-0.15, -0.1) is 10.2 Å². The third-order valence-corrected chi connectivity index (χ3v) is 3.96. The van der Waals surface area contributed by atoms with Gasteiger partial charge in [0.05, 0.1) is 12.8 Å². The first-order valence-corrected chi connectivity index (χ1v) is 8.56. The van der Waals surface area contributed by atoms with Crippen LogP contribution in [0.5, 0.6) is 5.75 Å². The molecule has 9 heteroatoms. The Hall–Kier alpha value is -2.81. The van der Waals surface area contributed by atoms with E-state index in [4.69, 9.17) is 13.6 Å². The smallest absolute Gasteiger partial charge is 0.422 e. The Bertz CT molecular complexity index is 897. The third kappa shape index (κ3) is 5.13. The summed E-state index contributed by atoms with van der Waals surface area (Å²) in [6, 6.07) is 7.10. The maximum atomic E-state index is 12.4. The van der Waals surface area contributed by atoms with Crippen LogP contribution in [0.2, 0.25) is 0 Å². The van der Waals surface area contributed by atoms with Gasteiger partial charge in [-0.1, -0.05) is 12.1 Å². The number of ether oxygens (including phenoxy) is 1. The van der Waals surface area contributed by atoms with Gasteiger partial charge in [0.15, 0.2) is 12.4 Å². The van der Waals surface area contributed by atoms with E-state index >= 15 is 0 Å².